The van der Waals surface area contributed by atoms with Crippen LogP contribution >= 0.6 is 0 Å². The molecule has 2 N–H and O–H groups in total. The van der Waals surface area contributed by atoms with Crippen molar-refractivity contribution in [2.75, 3.05) is 12.4 Å². The summed E-state index contributed by atoms with van der Waals surface area (Å²) in [4.78, 5) is 12.0. The van der Waals surface area contributed by atoms with Crippen LogP contribution in [0.4, 0.5) is 5.69 Å². The van der Waals surface area contributed by atoms with Crippen LogP contribution in [0.1, 0.15) is 11.1 Å². The van der Waals surface area contributed by atoms with E-state index >= 15 is 0 Å². The fourth-order valence-corrected chi connectivity index (χ4v) is 1.97. The molecule has 0 fully saturated rings. The van der Waals surface area contributed by atoms with Crippen molar-refractivity contribution in [1.82, 2.24) is 0 Å². The molecule has 0 aliphatic heterocycles. The van der Waals surface area contributed by atoms with E-state index in [1.165, 1.54) is 0 Å². The molecule has 2 aromatic rings. The molecule has 0 bridgehead atoms. The molecular weight excluding hydrogens is 254 g/mol. The Morgan fingerprint density at radius 2 is 2.05 bits per heavy atom. The molecule has 0 aromatic heterocycles. The van der Waals surface area contributed by atoms with Crippen LogP contribution in [-0.4, -0.2) is 18.1 Å². The topological polar surface area (TPSA) is 58.6 Å². The number of phenolic OH excluding ortho intramolecular Hbond substituents is 1. The molecule has 0 heterocycles. The van der Waals surface area contributed by atoms with E-state index in [4.69, 9.17) is 4.74 Å². The quantitative estimate of drug-likeness (QED) is 0.899. The van der Waals surface area contributed by atoms with E-state index in [0.717, 1.165) is 11.1 Å². The van der Waals surface area contributed by atoms with E-state index in [0.29, 0.717) is 11.4 Å². The zero-order valence-corrected chi connectivity index (χ0v) is 11.5. The van der Waals surface area contributed by atoms with Crippen molar-refractivity contribution in [2.24, 2.45) is 0 Å². The molecule has 0 atom stereocenters. The first-order valence-electron chi connectivity index (χ1n) is 6.31. The number of methoxy groups -OCH3 is 1. The molecule has 0 saturated heterocycles. The molecule has 0 aliphatic carbocycles. The van der Waals surface area contributed by atoms with E-state index in [1.807, 2.05) is 25.1 Å². The van der Waals surface area contributed by atoms with Crippen molar-refractivity contribution in [3.63, 3.8) is 0 Å². The summed E-state index contributed by atoms with van der Waals surface area (Å²) in [6.45, 7) is 1.95. The van der Waals surface area contributed by atoms with Crippen molar-refractivity contribution in [1.29, 1.82) is 0 Å². The number of aryl methyl sites for hydroxylation is 1. The number of rotatable bonds is 4. The summed E-state index contributed by atoms with van der Waals surface area (Å²) in [5.74, 6) is 0.628. The number of aromatic hydroxyl groups is 1. The van der Waals surface area contributed by atoms with Gasteiger partial charge in [-0.1, -0.05) is 18.2 Å². The standard InChI is InChI=1S/C16H17NO3/c1-11-6-7-15(20-2)14(8-11)17-16(19)10-12-4-3-5-13(18)9-12/h3-9,18H,10H2,1-2H3,(H,17,19). The average molecular weight is 271 g/mol. The van der Waals surface area contributed by atoms with E-state index in [1.54, 1.807) is 31.4 Å². The molecular formula is C16H17NO3. The van der Waals surface area contributed by atoms with Crippen LogP contribution in [0.25, 0.3) is 0 Å². The molecule has 0 aliphatic rings. The predicted molar refractivity (Wildman–Crippen MR) is 78.2 cm³/mol. The lowest BCUT2D eigenvalue weighted by molar-refractivity contribution is -0.115. The van der Waals surface area contributed by atoms with E-state index in [9.17, 15) is 9.90 Å². The molecule has 0 radical (unpaired) electrons. The van der Waals surface area contributed by atoms with E-state index in [-0.39, 0.29) is 18.1 Å². The van der Waals surface area contributed by atoms with Gasteiger partial charge in [-0.15, -0.1) is 0 Å². The molecule has 2 rings (SSSR count). The Bertz CT molecular complexity index is 623. The largest absolute Gasteiger partial charge is 0.508 e. The fraction of sp³-hybridized carbons (Fsp3) is 0.188. The van der Waals surface area contributed by atoms with Crippen molar-refractivity contribution in [3.8, 4) is 11.5 Å². The van der Waals surface area contributed by atoms with Gasteiger partial charge in [0.25, 0.3) is 0 Å². The summed E-state index contributed by atoms with van der Waals surface area (Å²) in [6, 6.07) is 12.3. The number of carbonyl (C=O) groups excluding carboxylic acids is 1. The van der Waals surface area contributed by atoms with Gasteiger partial charge < -0.3 is 15.2 Å². The molecule has 0 spiro atoms. The SMILES string of the molecule is COc1ccc(C)cc1NC(=O)Cc1cccc(O)c1. The summed E-state index contributed by atoms with van der Waals surface area (Å²) in [5, 5.41) is 12.2. The van der Waals surface area contributed by atoms with Gasteiger partial charge in [-0.25, -0.2) is 0 Å². The number of hydrogen-bond donors (Lipinski definition) is 2. The third-order valence-electron chi connectivity index (χ3n) is 2.90. The van der Waals surface area contributed by atoms with Crippen LogP contribution in [0.15, 0.2) is 42.5 Å². The molecule has 4 heteroatoms. The highest BCUT2D eigenvalue weighted by Gasteiger charge is 2.09. The third kappa shape index (κ3) is 3.51. The maximum Gasteiger partial charge on any atom is 0.228 e. The lowest BCUT2D eigenvalue weighted by atomic mass is 10.1. The van der Waals surface area contributed by atoms with Gasteiger partial charge in [0.05, 0.1) is 19.2 Å². The first-order chi connectivity index (χ1) is 9.58. The van der Waals surface area contributed by atoms with Gasteiger partial charge in [-0.05, 0) is 42.3 Å². The summed E-state index contributed by atoms with van der Waals surface area (Å²) < 4.78 is 5.22. The predicted octanol–water partition coefficient (Wildman–Crippen LogP) is 2.89. The Kier molecular flexibility index (Phi) is 4.25. The number of phenols is 1. The highest BCUT2D eigenvalue weighted by molar-refractivity contribution is 5.93. The molecule has 4 nitrogen and oxygen atoms in total. The first kappa shape index (κ1) is 13.9. The molecule has 2 aromatic carbocycles. The van der Waals surface area contributed by atoms with Gasteiger partial charge >= 0.3 is 0 Å². The summed E-state index contributed by atoms with van der Waals surface area (Å²) >= 11 is 0. The highest BCUT2D eigenvalue weighted by Crippen LogP contribution is 2.25. The Balaban J connectivity index is 2.10. The van der Waals surface area contributed by atoms with Gasteiger partial charge in [0, 0.05) is 0 Å². The number of benzene rings is 2. The Labute approximate surface area is 118 Å². The van der Waals surface area contributed by atoms with Gasteiger partial charge in [-0.2, -0.15) is 0 Å². The van der Waals surface area contributed by atoms with E-state index < -0.39 is 0 Å². The number of ether oxygens (including phenoxy) is 1. The second-order valence-corrected chi connectivity index (χ2v) is 4.60. The number of carbonyl (C=O) groups is 1. The molecule has 20 heavy (non-hydrogen) atoms. The minimum absolute atomic E-state index is 0.153. The monoisotopic (exact) mass is 271 g/mol. The second kappa shape index (κ2) is 6.10. The Morgan fingerprint density at radius 3 is 2.75 bits per heavy atom. The van der Waals surface area contributed by atoms with Crippen LogP contribution in [-0.2, 0) is 11.2 Å². The molecule has 1 amide bonds. The summed E-state index contributed by atoms with van der Waals surface area (Å²) in [7, 11) is 1.57. The number of anilines is 1. The van der Waals surface area contributed by atoms with Crippen LogP contribution in [0.5, 0.6) is 11.5 Å². The van der Waals surface area contributed by atoms with Crippen molar-refractivity contribution < 1.29 is 14.6 Å². The van der Waals surface area contributed by atoms with Crippen molar-refractivity contribution in [3.05, 3.63) is 53.6 Å². The summed E-state index contributed by atoms with van der Waals surface area (Å²) in [6.07, 6.45) is 0.200. The third-order valence-corrected chi connectivity index (χ3v) is 2.90. The zero-order chi connectivity index (χ0) is 14.5. The normalized spacial score (nSPS) is 10.1. The maximum atomic E-state index is 12.0. The molecule has 0 unspecified atom stereocenters. The first-order valence-corrected chi connectivity index (χ1v) is 6.31. The lowest BCUT2D eigenvalue weighted by Gasteiger charge is -2.11. The highest BCUT2D eigenvalue weighted by atomic mass is 16.5. The van der Waals surface area contributed by atoms with Crippen LogP contribution in [0, 0.1) is 6.92 Å². The van der Waals surface area contributed by atoms with Crippen molar-refractivity contribution >= 4 is 11.6 Å². The fourth-order valence-electron chi connectivity index (χ4n) is 1.97. The van der Waals surface area contributed by atoms with Gasteiger partial charge in [0.15, 0.2) is 0 Å². The number of amides is 1. The lowest BCUT2D eigenvalue weighted by Crippen LogP contribution is -2.15. The minimum Gasteiger partial charge on any atom is -0.508 e. The molecule has 104 valence electrons. The van der Waals surface area contributed by atoms with Crippen LogP contribution in [0.2, 0.25) is 0 Å². The average Bonchev–Trinajstić information content (AvgIpc) is 2.38. The second-order valence-electron chi connectivity index (χ2n) is 4.60. The smallest absolute Gasteiger partial charge is 0.228 e. The Morgan fingerprint density at radius 1 is 1.25 bits per heavy atom. The van der Waals surface area contributed by atoms with Gasteiger partial charge in [0.1, 0.15) is 11.5 Å². The zero-order valence-electron chi connectivity index (χ0n) is 11.5. The van der Waals surface area contributed by atoms with Crippen LogP contribution in [0.3, 0.4) is 0 Å². The van der Waals surface area contributed by atoms with E-state index in [2.05, 4.69) is 5.32 Å². The maximum absolute atomic E-state index is 12.0. The van der Waals surface area contributed by atoms with Gasteiger partial charge in [0.2, 0.25) is 5.91 Å². The van der Waals surface area contributed by atoms with Gasteiger partial charge in [-0.3, -0.25) is 4.79 Å². The number of hydrogen-bond acceptors (Lipinski definition) is 3. The summed E-state index contributed by atoms with van der Waals surface area (Å²) in [5.41, 5.74) is 2.45. The van der Waals surface area contributed by atoms with Crippen molar-refractivity contribution in [2.45, 2.75) is 13.3 Å². The number of nitrogens with one attached hydrogen (secondary N) is 1. The molecule has 0 saturated carbocycles. The minimum atomic E-state index is -0.153. The van der Waals surface area contributed by atoms with Crippen LogP contribution < -0.4 is 10.1 Å². The Hall–Kier alpha value is -2.49.